The van der Waals surface area contributed by atoms with E-state index < -0.39 is 0 Å². The number of nitrogens with zero attached hydrogens (tertiary/aromatic N) is 2. The van der Waals surface area contributed by atoms with Crippen LogP contribution in [0.2, 0.25) is 0 Å². The van der Waals surface area contributed by atoms with Crippen molar-refractivity contribution >= 4 is 5.91 Å². The lowest BCUT2D eigenvalue weighted by Gasteiger charge is -2.34. The van der Waals surface area contributed by atoms with Crippen LogP contribution in [0.3, 0.4) is 0 Å². The number of benzene rings is 1. The molecule has 0 aromatic heterocycles. The van der Waals surface area contributed by atoms with Crippen molar-refractivity contribution < 1.29 is 4.79 Å². The van der Waals surface area contributed by atoms with Crippen molar-refractivity contribution in [1.29, 1.82) is 0 Å². The molecule has 1 aliphatic rings. The fraction of sp³-hybridized carbons (Fsp3) is 0.533. The van der Waals surface area contributed by atoms with Crippen molar-refractivity contribution in [1.82, 2.24) is 15.1 Å². The molecule has 1 saturated heterocycles. The van der Waals surface area contributed by atoms with E-state index in [-0.39, 0.29) is 11.9 Å². The number of hydrogen-bond donors (Lipinski definition) is 1. The van der Waals surface area contributed by atoms with Gasteiger partial charge in [-0.05, 0) is 32.1 Å². The number of hydrogen-bond acceptors (Lipinski definition) is 3. The fourth-order valence-corrected chi connectivity index (χ4v) is 2.58. The highest BCUT2D eigenvalue weighted by Crippen LogP contribution is 2.24. The van der Waals surface area contributed by atoms with Crippen LogP contribution in [0.4, 0.5) is 0 Å². The molecule has 1 fully saturated rings. The second-order valence-electron chi connectivity index (χ2n) is 5.30. The first-order valence-electron chi connectivity index (χ1n) is 6.82. The van der Waals surface area contributed by atoms with Gasteiger partial charge in [0.2, 0.25) is 5.91 Å². The van der Waals surface area contributed by atoms with Gasteiger partial charge in [-0.2, -0.15) is 0 Å². The number of nitrogens with one attached hydrogen (secondary N) is 1. The van der Waals surface area contributed by atoms with Crippen LogP contribution in [0.25, 0.3) is 0 Å². The van der Waals surface area contributed by atoms with Crippen molar-refractivity contribution in [3.8, 4) is 0 Å². The molecule has 0 spiro atoms. The first kappa shape index (κ1) is 14.0. The molecule has 4 nitrogen and oxygen atoms in total. The maximum atomic E-state index is 12.7. The van der Waals surface area contributed by atoms with Gasteiger partial charge in [-0.1, -0.05) is 24.3 Å². The van der Waals surface area contributed by atoms with Gasteiger partial charge < -0.3 is 10.2 Å². The van der Waals surface area contributed by atoms with E-state index in [0.29, 0.717) is 0 Å². The Morgan fingerprint density at radius 2 is 1.89 bits per heavy atom. The molecule has 0 saturated carbocycles. The van der Waals surface area contributed by atoms with Crippen molar-refractivity contribution in [2.24, 2.45) is 0 Å². The van der Waals surface area contributed by atoms with E-state index in [4.69, 9.17) is 0 Å². The molecule has 1 aromatic rings. The third-order valence-corrected chi connectivity index (χ3v) is 3.66. The van der Waals surface area contributed by atoms with E-state index in [1.54, 1.807) is 0 Å². The van der Waals surface area contributed by atoms with Gasteiger partial charge in [0.25, 0.3) is 0 Å². The van der Waals surface area contributed by atoms with Crippen LogP contribution in [0.15, 0.2) is 24.3 Å². The largest absolute Gasteiger partial charge is 0.338 e. The van der Waals surface area contributed by atoms with Gasteiger partial charge >= 0.3 is 0 Å². The molecule has 104 valence electrons. The standard InChI is InChI=1S/C15H23N3O/c1-12-6-4-5-7-13(12)14(17(2)3)15(19)18-10-8-16-9-11-18/h4-7,14,16H,8-11H2,1-3H3. The quantitative estimate of drug-likeness (QED) is 0.883. The Balaban J connectivity index is 2.25. The Morgan fingerprint density at radius 1 is 1.26 bits per heavy atom. The van der Waals surface area contributed by atoms with E-state index in [2.05, 4.69) is 24.4 Å². The maximum Gasteiger partial charge on any atom is 0.244 e. The minimum atomic E-state index is -0.181. The van der Waals surface area contributed by atoms with Crippen molar-refractivity contribution in [2.75, 3.05) is 40.3 Å². The summed E-state index contributed by atoms with van der Waals surface area (Å²) in [5.41, 5.74) is 2.28. The zero-order valence-corrected chi connectivity index (χ0v) is 12.0. The SMILES string of the molecule is Cc1ccccc1C(C(=O)N1CCNCC1)N(C)C. The molecule has 0 bridgehead atoms. The van der Waals surface area contributed by atoms with Gasteiger partial charge in [0.05, 0.1) is 0 Å². The number of rotatable bonds is 3. The monoisotopic (exact) mass is 261 g/mol. The Labute approximate surface area is 115 Å². The normalized spacial score (nSPS) is 17.6. The maximum absolute atomic E-state index is 12.7. The zero-order chi connectivity index (χ0) is 13.8. The summed E-state index contributed by atoms with van der Waals surface area (Å²) >= 11 is 0. The van der Waals surface area contributed by atoms with E-state index >= 15 is 0 Å². The van der Waals surface area contributed by atoms with Gasteiger partial charge in [-0.15, -0.1) is 0 Å². The van der Waals surface area contributed by atoms with Gasteiger partial charge in [-0.3, -0.25) is 9.69 Å². The first-order valence-corrected chi connectivity index (χ1v) is 6.82. The molecular weight excluding hydrogens is 238 g/mol. The summed E-state index contributed by atoms with van der Waals surface area (Å²) in [6.07, 6.45) is 0. The van der Waals surface area contributed by atoms with Gasteiger partial charge in [0.1, 0.15) is 6.04 Å². The smallest absolute Gasteiger partial charge is 0.244 e. The highest BCUT2D eigenvalue weighted by molar-refractivity contribution is 5.83. The molecule has 1 aliphatic heterocycles. The van der Waals surface area contributed by atoms with Gasteiger partial charge in [0, 0.05) is 26.2 Å². The lowest BCUT2D eigenvalue weighted by Crippen LogP contribution is -2.50. The van der Waals surface area contributed by atoms with Crippen LogP contribution in [-0.2, 0) is 4.79 Å². The summed E-state index contributed by atoms with van der Waals surface area (Å²) in [6.45, 7) is 5.44. The van der Waals surface area contributed by atoms with E-state index in [1.807, 2.05) is 36.0 Å². The van der Waals surface area contributed by atoms with Crippen LogP contribution in [0.1, 0.15) is 17.2 Å². The third-order valence-electron chi connectivity index (χ3n) is 3.66. The minimum absolute atomic E-state index is 0.181. The molecule has 1 aromatic carbocycles. The number of carbonyl (C=O) groups excluding carboxylic acids is 1. The van der Waals surface area contributed by atoms with E-state index in [9.17, 15) is 4.79 Å². The van der Waals surface area contributed by atoms with E-state index in [1.165, 1.54) is 5.56 Å². The number of aryl methyl sites for hydroxylation is 1. The predicted octanol–water partition coefficient (Wildman–Crippen LogP) is 1.03. The highest BCUT2D eigenvalue weighted by atomic mass is 16.2. The van der Waals surface area contributed by atoms with Crippen LogP contribution in [0.5, 0.6) is 0 Å². The Morgan fingerprint density at radius 3 is 2.47 bits per heavy atom. The number of amides is 1. The van der Waals surface area contributed by atoms with Gasteiger partial charge in [-0.25, -0.2) is 0 Å². The molecule has 2 rings (SSSR count). The summed E-state index contributed by atoms with van der Waals surface area (Å²) in [6, 6.07) is 7.96. The van der Waals surface area contributed by atoms with Crippen LogP contribution in [-0.4, -0.2) is 56.0 Å². The molecule has 1 amide bonds. The van der Waals surface area contributed by atoms with Crippen molar-refractivity contribution in [3.05, 3.63) is 35.4 Å². The summed E-state index contributed by atoms with van der Waals surface area (Å²) < 4.78 is 0. The average molecular weight is 261 g/mol. The van der Waals surface area contributed by atoms with E-state index in [0.717, 1.165) is 31.7 Å². The lowest BCUT2D eigenvalue weighted by molar-refractivity contribution is -0.137. The van der Waals surface area contributed by atoms with Gasteiger partial charge in [0.15, 0.2) is 0 Å². The summed E-state index contributed by atoms with van der Waals surface area (Å²) in [4.78, 5) is 16.7. The molecule has 1 unspecified atom stereocenters. The predicted molar refractivity (Wildman–Crippen MR) is 77.1 cm³/mol. The number of carbonyl (C=O) groups is 1. The van der Waals surface area contributed by atoms with Crippen molar-refractivity contribution in [2.45, 2.75) is 13.0 Å². The Hall–Kier alpha value is -1.39. The molecule has 1 N–H and O–H groups in total. The molecular formula is C15H23N3O. The summed E-state index contributed by atoms with van der Waals surface area (Å²) in [5, 5.41) is 3.28. The summed E-state index contributed by atoms with van der Waals surface area (Å²) in [5.74, 6) is 0.209. The second-order valence-corrected chi connectivity index (χ2v) is 5.30. The zero-order valence-electron chi connectivity index (χ0n) is 12.0. The molecule has 0 aliphatic carbocycles. The van der Waals surface area contributed by atoms with Crippen LogP contribution < -0.4 is 5.32 Å². The minimum Gasteiger partial charge on any atom is -0.338 e. The van der Waals surface area contributed by atoms with Crippen molar-refractivity contribution in [3.63, 3.8) is 0 Å². The molecule has 19 heavy (non-hydrogen) atoms. The van der Waals surface area contributed by atoms with Crippen LogP contribution in [0, 0.1) is 6.92 Å². The van der Waals surface area contributed by atoms with Crippen LogP contribution >= 0.6 is 0 Å². The topological polar surface area (TPSA) is 35.6 Å². The molecule has 4 heteroatoms. The molecule has 1 heterocycles. The lowest BCUT2D eigenvalue weighted by atomic mass is 9.99. The number of piperazine rings is 1. The highest BCUT2D eigenvalue weighted by Gasteiger charge is 2.29. The molecule has 0 radical (unpaired) electrons. The average Bonchev–Trinajstić information content (AvgIpc) is 2.42. The molecule has 1 atom stereocenters. The second kappa shape index (κ2) is 6.17. The first-order chi connectivity index (χ1) is 9.11. The fourth-order valence-electron chi connectivity index (χ4n) is 2.58. The third kappa shape index (κ3) is 3.14. The Bertz CT molecular complexity index is 439. The number of likely N-dealkylation sites (N-methyl/N-ethyl adjacent to an activating group) is 1. The Kier molecular flexibility index (Phi) is 4.56. The summed E-state index contributed by atoms with van der Waals surface area (Å²) in [7, 11) is 3.94.